The van der Waals surface area contributed by atoms with Crippen LogP contribution in [0.5, 0.6) is 0 Å². The number of carbonyl (C=O) groups is 1. The topological polar surface area (TPSA) is 26.3 Å². The second kappa shape index (κ2) is 5.44. The molecule has 0 heterocycles. The van der Waals surface area contributed by atoms with Gasteiger partial charge in [0.1, 0.15) is 0 Å². The van der Waals surface area contributed by atoms with E-state index in [9.17, 15) is 4.79 Å². The van der Waals surface area contributed by atoms with Crippen molar-refractivity contribution in [2.24, 2.45) is 5.92 Å². The van der Waals surface area contributed by atoms with Crippen molar-refractivity contribution >= 4 is 5.78 Å². The minimum atomic E-state index is -0.785. The molecular formula is C14H22O2. The molecule has 1 atom stereocenters. The number of allylic oxidation sites excluding steroid dienone is 2. The molecule has 2 heteroatoms. The lowest BCUT2D eigenvalue weighted by Crippen LogP contribution is -2.41. The fraction of sp³-hybridized carbons (Fsp3) is 0.643. The minimum absolute atomic E-state index is 0.174. The fourth-order valence-corrected chi connectivity index (χ4v) is 2.02. The van der Waals surface area contributed by atoms with E-state index in [-0.39, 0.29) is 5.78 Å². The van der Waals surface area contributed by atoms with Crippen molar-refractivity contribution < 1.29 is 9.53 Å². The van der Waals surface area contributed by atoms with Crippen LogP contribution in [0.1, 0.15) is 40.0 Å². The molecule has 90 valence electrons. The maximum Gasteiger partial charge on any atom is 0.172 e. The van der Waals surface area contributed by atoms with E-state index in [0.29, 0.717) is 12.3 Å². The van der Waals surface area contributed by atoms with E-state index in [1.807, 2.05) is 19.1 Å². The van der Waals surface area contributed by atoms with Crippen molar-refractivity contribution in [3.8, 4) is 0 Å². The summed E-state index contributed by atoms with van der Waals surface area (Å²) < 4.78 is 5.48. The van der Waals surface area contributed by atoms with Gasteiger partial charge in [-0.05, 0) is 37.3 Å². The zero-order valence-electron chi connectivity index (χ0n) is 10.7. The number of methoxy groups -OCH3 is 1. The summed E-state index contributed by atoms with van der Waals surface area (Å²) in [5.41, 5.74) is 0.235. The van der Waals surface area contributed by atoms with Crippen LogP contribution >= 0.6 is 0 Å². The molecule has 0 radical (unpaired) electrons. The Morgan fingerprint density at radius 2 is 2.25 bits per heavy atom. The molecule has 1 unspecified atom stereocenters. The van der Waals surface area contributed by atoms with Crippen LogP contribution in [-0.4, -0.2) is 18.5 Å². The summed E-state index contributed by atoms with van der Waals surface area (Å²) in [5, 5.41) is 0. The molecule has 1 aliphatic carbocycles. The first kappa shape index (κ1) is 13.2. The Bertz CT molecular complexity index is 313. The second-order valence-electron chi connectivity index (χ2n) is 4.82. The first-order valence-corrected chi connectivity index (χ1v) is 5.96. The SMILES string of the molecule is COC1(C(=O)CCC(C)C)C=CCC=C1C. The lowest BCUT2D eigenvalue weighted by atomic mass is 9.83. The van der Waals surface area contributed by atoms with Gasteiger partial charge in [-0.1, -0.05) is 26.0 Å². The molecule has 16 heavy (non-hydrogen) atoms. The highest BCUT2D eigenvalue weighted by atomic mass is 16.5. The third-order valence-corrected chi connectivity index (χ3v) is 3.18. The van der Waals surface area contributed by atoms with Crippen LogP contribution in [0, 0.1) is 5.92 Å². The standard InChI is InChI=1S/C14H22O2/c1-11(2)8-9-13(15)14(16-4)10-6-5-7-12(14)3/h6-7,10-11H,5,8-9H2,1-4H3. The van der Waals surface area contributed by atoms with E-state index in [1.165, 1.54) is 0 Å². The van der Waals surface area contributed by atoms with E-state index < -0.39 is 5.60 Å². The molecule has 0 fully saturated rings. The summed E-state index contributed by atoms with van der Waals surface area (Å²) >= 11 is 0. The Kier molecular flexibility index (Phi) is 4.48. The highest BCUT2D eigenvalue weighted by molar-refractivity contribution is 5.93. The number of ether oxygens (including phenoxy) is 1. The number of hydrogen-bond donors (Lipinski definition) is 0. The number of carbonyl (C=O) groups excluding carboxylic acids is 1. The maximum atomic E-state index is 12.2. The van der Waals surface area contributed by atoms with Gasteiger partial charge < -0.3 is 4.74 Å². The average molecular weight is 222 g/mol. The summed E-state index contributed by atoms with van der Waals surface area (Å²) in [5.74, 6) is 0.725. The fourth-order valence-electron chi connectivity index (χ4n) is 2.02. The molecule has 1 rings (SSSR count). The van der Waals surface area contributed by atoms with Gasteiger partial charge >= 0.3 is 0 Å². The van der Waals surface area contributed by atoms with E-state index in [1.54, 1.807) is 7.11 Å². The van der Waals surface area contributed by atoms with Crippen LogP contribution < -0.4 is 0 Å². The Morgan fingerprint density at radius 3 is 2.75 bits per heavy atom. The van der Waals surface area contributed by atoms with Crippen LogP contribution in [-0.2, 0) is 9.53 Å². The molecule has 0 saturated heterocycles. The zero-order chi connectivity index (χ0) is 12.2. The van der Waals surface area contributed by atoms with E-state index >= 15 is 0 Å². The minimum Gasteiger partial charge on any atom is -0.362 e. The smallest absolute Gasteiger partial charge is 0.172 e. The van der Waals surface area contributed by atoms with Crippen molar-refractivity contribution in [3.63, 3.8) is 0 Å². The number of rotatable bonds is 5. The number of Topliss-reactive ketones (excluding diaryl/α,β-unsaturated/α-hetero) is 1. The van der Waals surface area contributed by atoms with Crippen LogP contribution in [0.4, 0.5) is 0 Å². The highest BCUT2D eigenvalue weighted by Crippen LogP contribution is 2.30. The van der Waals surface area contributed by atoms with Gasteiger partial charge in [0, 0.05) is 13.5 Å². The third-order valence-electron chi connectivity index (χ3n) is 3.18. The third kappa shape index (κ3) is 2.62. The molecular weight excluding hydrogens is 200 g/mol. The predicted octanol–water partition coefficient (Wildman–Crippen LogP) is 3.28. The van der Waals surface area contributed by atoms with Gasteiger partial charge in [0.15, 0.2) is 11.4 Å². The van der Waals surface area contributed by atoms with Crippen molar-refractivity contribution in [1.82, 2.24) is 0 Å². The van der Waals surface area contributed by atoms with Crippen LogP contribution in [0.2, 0.25) is 0 Å². The molecule has 0 bridgehead atoms. The van der Waals surface area contributed by atoms with E-state index in [4.69, 9.17) is 4.74 Å². The summed E-state index contributed by atoms with van der Waals surface area (Å²) in [6.07, 6.45) is 8.38. The van der Waals surface area contributed by atoms with Gasteiger partial charge in [0.2, 0.25) is 0 Å². The molecule has 0 aromatic heterocycles. The molecule has 0 aromatic rings. The molecule has 0 N–H and O–H groups in total. The summed E-state index contributed by atoms with van der Waals surface area (Å²) in [6, 6.07) is 0. The molecule has 2 nitrogen and oxygen atoms in total. The molecule has 0 saturated carbocycles. The van der Waals surface area contributed by atoms with Gasteiger partial charge in [0.05, 0.1) is 0 Å². The van der Waals surface area contributed by atoms with Gasteiger partial charge in [-0.3, -0.25) is 4.79 Å². The lowest BCUT2D eigenvalue weighted by Gasteiger charge is -2.31. The molecule has 0 aromatic carbocycles. The second-order valence-corrected chi connectivity index (χ2v) is 4.82. The zero-order valence-corrected chi connectivity index (χ0v) is 10.7. The van der Waals surface area contributed by atoms with Crippen molar-refractivity contribution in [1.29, 1.82) is 0 Å². The normalized spacial score (nSPS) is 24.7. The predicted molar refractivity (Wildman–Crippen MR) is 66.3 cm³/mol. The molecule has 0 spiro atoms. The van der Waals surface area contributed by atoms with Gasteiger partial charge in [-0.2, -0.15) is 0 Å². The van der Waals surface area contributed by atoms with Crippen molar-refractivity contribution in [2.75, 3.05) is 7.11 Å². The first-order chi connectivity index (χ1) is 7.53. The van der Waals surface area contributed by atoms with Crippen LogP contribution in [0.15, 0.2) is 23.8 Å². The Hall–Kier alpha value is -0.890. The monoisotopic (exact) mass is 222 g/mol. The van der Waals surface area contributed by atoms with E-state index in [2.05, 4.69) is 19.9 Å². The quantitative estimate of drug-likeness (QED) is 0.667. The van der Waals surface area contributed by atoms with Gasteiger partial charge in [0.25, 0.3) is 0 Å². The molecule has 0 amide bonds. The average Bonchev–Trinajstić information content (AvgIpc) is 2.27. The highest BCUT2D eigenvalue weighted by Gasteiger charge is 2.37. The van der Waals surface area contributed by atoms with E-state index in [0.717, 1.165) is 18.4 Å². The summed E-state index contributed by atoms with van der Waals surface area (Å²) in [6.45, 7) is 6.23. The Balaban J connectivity index is 2.79. The summed E-state index contributed by atoms with van der Waals surface area (Å²) in [4.78, 5) is 12.2. The first-order valence-electron chi connectivity index (χ1n) is 5.96. The number of ketones is 1. The lowest BCUT2D eigenvalue weighted by molar-refractivity contribution is -0.132. The van der Waals surface area contributed by atoms with Crippen LogP contribution in [0.25, 0.3) is 0 Å². The van der Waals surface area contributed by atoms with Crippen molar-refractivity contribution in [2.45, 2.75) is 45.6 Å². The van der Waals surface area contributed by atoms with Crippen LogP contribution in [0.3, 0.4) is 0 Å². The maximum absolute atomic E-state index is 12.2. The van der Waals surface area contributed by atoms with Gasteiger partial charge in [-0.25, -0.2) is 0 Å². The van der Waals surface area contributed by atoms with Crippen molar-refractivity contribution in [3.05, 3.63) is 23.8 Å². The molecule has 1 aliphatic rings. The number of hydrogen-bond acceptors (Lipinski definition) is 2. The Morgan fingerprint density at radius 1 is 1.56 bits per heavy atom. The Labute approximate surface area is 98.4 Å². The molecule has 0 aliphatic heterocycles. The summed E-state index contributed by atoms with van der Waals surface area (Å²) in [7, 11) is 1.61. The largest absolute Gasteiger partial charge is 0.362 e. The van der Waals surface area contributed by atoms with Gasteiger partial charge in [-0.15, -0.1) is 0 Å².